The van der Waals surface area contributed by atoms with Crippen LogP contribution in [0.3, 0.4) is 0 Å². The van der Waals surface area contributed by atoms with Crippen molar-refractivity contribution in [1.29, 1.82) is 0 Å². The first-order valence-corrected chi connectivity index (χ1v) is 5.93. The van der Waals surface area contributed by atoms with Crippen molar-refractivity contribution in [2.75, 3.05) is 0 Å². The molecular weight excluding hydrogens is 240 g/mol. The van der Waals surface area contributed by atoms with Crippen molar-refractivity contribution >= 4 is 11.3 Å². The second-order valence-corrected chi connectivity index (χ2v) is 4.24. The molecule has 4 N–H and O–H groups in total. The summed E-state index contributed by atoms with van der Waals surface area (Å²) in [6.07, 6.45) is 0. The quantitative estimate of drug-likeness (QED) is 0.620. The fraction of sp³-hybridized carbons (Fsp3) is 0.182. The summed E-state index contributed by atoms with van der Waals surface area (Å²) in [6.45, 7) is 0.974. The van der Waals surface area contributed by atoms with E-state index >= 15 is 0 Å². The average molecular weight is 252 g/mol. The van der Waals surface area contributed by atoms with E-state index in [-0.39, 0.29) is 11.5 Å². The number of phenols is 3. The molecule has 0 aliphatic carbocycles. The summed E-state index contributed by atoms with van der Waals surface area (Å²) >= 11 is 1.52. The lowest BCUT2D eigenvalue weighted by molar-refractivity contribution is 0.364. The number of thiazole rings is 1. The number of benzene rings is 1. The Morgan fingerprint density at radius 1 is 1.12 bits per heavy atom. The summed E-state index contributed by atoms with van der Waals surface area (Å²) in [7, 11) is 0. The third-order valence-electron chi connectivity index (χ3n) is 2.32. The zero-order valence-corrected chi connectivity index (χ0v) is 9.74. The van der Waals surface area contributed by atoms with Gasteiger partial charge in [0.25, 0.3) is 0 Å². The van der Waals surface area contributed by atoms with Crippen molar-refractivity contribution in [3.05, 3.63) is 34.3 Å². The van der Waals surface area contributed by atoms with Crippen LogP contribution in [0.2, 0.25) is 0 Å². The maximum absolute atomic E-state index is 9.57. The molecule has 0 fully saturated rings. The Labute approximate surface area is 102 Å². The number of nitrogens with zero attached hydrogens (tertiary/aromatic N) is 1. The molecule has 2 aromatic rings. The molecule has 0 saturated heterocycles. The monoisotopic (exact) mass is 252 g/mol. The number of rotatable bonds is 4. The van der Waals surface area contributed by atoms with Gasteiger partial charge < -0.3 is 20.6 Å². The molecule has 17 heavy (non-hydrogen) atoms. The van der Waals surface area contributed by atoms with Crippen LogP contribution < -0.4 is 5.32 Å². The highest BCUT2D eigenvalue weighted by Crippen LogP contribution is 2.36. The average Bonchev–Trinajstić information content (AvgIpc) is 2.82. The van der Waals surface area contributed by atoms with Crippen LogP contribution in [0.5, 0.6) is 17.2 Å². The molecule has 2 rings (SSSR count). The van der Waals surface area contributed by atoms with Crippen LogP contribution in [0, 0.1) is 0 Å². The topological polar surface area (TPSA) is 85.6 Å². The molecule has 0 aliphatic rings. The fourth-order valence-electron chi connectivity index (χ4n) is 1.40. The molecule has 0 aliphatic heterocycles. The molecule has 0 bridgehead atoms. The number of aromatic hydroxyl groups is 3. The normalized spacial score (nSPS) is 10.6. The van der Waals surface area contributed by atoms with E-state index < -0.39 is 5.75 Å². The molecule has 1 aromatic heterocycles. The van der Waals surface area contributed by atoms with Crippen molar-refractivity contribution in [1.82, 2.24) is 10.3 Å². The standard InChI is InChI=1S/C11H12N2O3S/c14-9-2-1-7(10(15)11(9)16)3-12-4-8-5-17-6-13-8/h1-2,5-6,12,14-16H,3-4H2. The van der Waals surface area contributed by atoms with E-state index in [1.807, 2.05) is 5.38 Å². The summed E-state index contributed by atoms with van der Waals surface area (Å²) in [4.78, 5) is 4.11. The van der Waals surface area contributed by atoms with E-state index in [1.54, 1.807) is 11.6 Å². The maximum atomic E-state index is 9.57. The Morgan fingerprint density at radius 3 is 2.65 bits per heavy atom. The van der Waals surface area contributed by atoms with Gasteiger partial charge in [-0.3, -0.25) is 0 Å². The Bertz CT molecular complexity index is 500. The first-order chi connectivity index (χ1) is 8.18. The first-order valence-electron chi connectivity index (χ1n) is 4.99. The predicted molar refractivity (Wildman–Crippen MR) is 64.1 cm³/mol. The Hall–Kier alpha value is -1.79. The lowest BCUT2D eigenvalue weighted by Gasteiger charge is -2.08. The lowest BCUT2D eigenvalue weighted by atomic mass is 10.1. The van der Waals surface area contributed by atoms with Gasteiger partial charge in [0.05, 0.1) is 11.2 Å². The second-order valence-electron chi connectivity index (χ2n) is 3.52. The van der Waals surface area contributed by atoms with Crippen LogP contribution >= 0.6 is 11.3 Å². The molecule has 0 unspecified atom stereocenters. The highest BCUT2D eigenvalue weighted by Gasteiger charge is 2.10. The van der Waals surface area contributed by atoms with Gasteiger partial charge >= 0.3 is 0 Å². The van der Waals surface area contributed by atoms with E-state index in [0.29, 0.717) is 18.7 Å². The smallest absolute Gasteiger partial charge is 0.200 e. The molecule has 0 atom stereocenters. The van der Waals surface area contributed by atoms with Gasteiger partial charge in [-0.15, -0.1) is 11.3 Å². The molecule has 0 spiro atoms. The second kappa shape index (κ2) is 5.03. The first kappa shape index (κ1) is 11.7. The van der Waals surface area contributed by atoms with Crippen molar-refractivity contribution in [3.63, 3.8) is 0 Å². The molecule has 0 radical (unpaired) electrons. The van der Waals surface area contributed by atoms with Gasteiger partial charge in [-0.05, 0) is 6.07 Å². The van der Waals surface area contributed by atoms with Crippen LogP contribution in [0.15, 0.2) is 23.0 Å². The van der Waals surface area contributed by atoms with Crippen LogP contribution in [0.4, 0.5) is 0 Å². The van der Waals surface area contributed by atoms with Gasteiger partial charge in [0.15, 0.2) is 11.5 Å². The third kappa shape index (κ3) is 2.66. The van der Waals surface area contributed by atoms with Gasteiger partial charge in [-0.1, -0.05) is 6.07 Å². The van der Waals surface area contributed by atoms with Gasteiger partial charge in [0, 0.05) is 24.0 Å². The Kier molecular flexibility index (Phi) is 3.46. The molecule has 0 saturated carbocycles. The van der Waals surface area contributed by atoms with Crippen molar-refractivity contribution < 1.29 is 15.3 Å². The van der Waals surface area contributed by atoms with Crippen LogP contribution in [0.25, 0.3) is 0 Å². The van der Waals surface area contributed by atoms with Crippen molar-refractivity contribution in [2.24, 2.45) is 0 Å². The van der Waals surface area contributed by atoms with E-state index in [2.05, 4.69) is 10.3 Å². The maximum Gasteiger partial charge on any atom is 0.200 e. The van der Waals surface area contributed by atoms with Gasteiger partial charge in [-0.2, -0.15) is 0 Å². The molecule has 1 heterocycles. The lowest BCUT2D eigenvalue weighted by Crippen LogP contribution is -2.12. The highest BCUT2D eigenvalue weighted by molar-refractivity contribution is 7.07. The number of hydrogen-bond donors (Lipinski definition) is 4. The molecule has 6 heteroatoms. The highest BCUT2D eigenvalue weighted by atomic mass is 32.1. The van der Waals surface area contributed by atoms with Crippen LogP contribution in [-0.4, -0.2) is 20.3 Å². The van der Waals surface area contributed by atoms with E-state index in [9.17, 15) is 10.2 Å². The number of phenolic OH excluding ortho intramolecular Hbond substituents is 3. The number of nitrogens with one attached hydrogen (secondary N) is 1. The van der Waals surface area contributed by atoms with Crippen molar-refractivity contribution in [3.8, 4) is 17.2 Å². The van der Waals surface area contributed by atoms with Crippen molar-refractivity contribution in [2.45, 2.75) is 13.1 Å². The van der Waals surface area contributed by atoms with Gasteiger partial charge in [-0.25, -0.2) is 4.98 Å². The molecule has 1 aromatic carbocycles. The minimum Gasteiger partial charge on any atom is -0.504 e. The van der Waals surface area contributed by atoms with E-state index in [4.69, 9.17) is 5.11 Å². The molecule has 5 nitrogen and oxygen atoms in total. The zero-order chi connectivity index (χ0) is 12.3. The SMILES string of the molecule is Oc1ccc(CNCc2cscn2)c(O)c1O. The number of aromatic nitrogens is 1. The van der Waals surface area contributed by atoms with E-state index in [0.717, 1.165) is 5.69 Å². The van der Waals surface area contributed by atoms with Crippen LogP contribution in [0.1, 0.15) is 11.3 Å². The Balaban J connectivity index is 1.97. The minimum absolute atomic E-state index is 0.296. The fourth-order valence-corrected chi connectivity index (χ4v) is 1.96. The minimum atomic E-state index is -0.488. The molecule has 0 amide bonds. The summed E-state index contributed by atoms with van der Waals surface area (Å²) < 4.78 is 0. The largest absolute Gasteiger partial charge is 0.504 e. The zero-order valence-electron chi connectivity index (χ0n) is 8.92. The third-order valence-corrected chi connectivity index (χ3v) is 2.95. The summed E-state index contributed by atoms with van der Waals surface area (Å²) in [5, 5.41) is 33.1. The van der Waals surface area contributed by atoms with E-state index in [1.165, 1.54) is 17.4 Å². The summed E-state index contributed by atoms with van der Waals surface area (Å²) in [6, 6.07) is 2.90. The predicted octanol–water partition coefficient (Wildman–Crippen LogP) is 1.55. The summed E-state index contributed by atoms with van der Waals surface area (Å²) in [5.41, 5.74) is 3.20. The molecule has 90 valence electrons. The van der Waals surface area contributed by atoms with Gasteiger partial charge in [0.1, 0.15) is 0 Å². The van der Waals surface area contributed by atoms with Gasteiger partial charge in [0.2, 0.25) is 5.75 Å². The molecular formula is C11H12N2O3S. The number of hydrogen-bond acceptors (Lipinski definition) is 6. The summed E-state index contributed by atoms with van der Waals surface area (Å²) in [5.74, 6) is -1.11. The Morgan fingerprint density at radius 2 is 1.94 bits per heavy atom. The van der Waals surface area contributed by atoms with Crippen LogP contribution in [-0.2, 0) is 13.1 Å².